The van der Waals surface area contributed by atoms with Gasteiger partial charge in [-0.1, -0.05) is 18.2 Å². The van der Waals surface area contributed by atoms with Gasteiger partial charge in [0.25, 0.3) is 5.91 Å². The van der Waals surface area contributed by atoms with Crippen molar-refractivity contribution >= 4 is 17.8 Å². The number of para-hydroxylation sites is 1. The minimum atomic E-state index is -0.290. The van der Waals surface area contributed by atoms with Crippen LogP contribution in [0.1, 0.15) is 21.5 Å². The normalized spacial score (nSPS) is 15.4. The number of nitrogens with two attached hydrogens (primary N) is 1. The van der Waals surface area contributed by atoms with Gasteiger partial charge in [-0.05, 0) is 17.7 Å². The first kappa shape index (κ1) is 17.1. The topological polar surface area (TPSA) is 92.8 Å². The van der Waals surface area contributed by atoms with E-state index in [1.165, 1.54) is 0 Å². The summed E-state index contributed by atoms with van der Waals surface area (Å²) in [6.45, 7) is 4.09. The van der Waals surface area contributed by atoms with Crippen LogP contribution >= 0.6 is 0 Å². The Labute approximate surface area is 146 Å². The number of anilines is 1. The van der Waals surface area contributed by atoms with E-state index in [4.69, 9.17) is 10.5 Å². The Morgan fingerprint density at radius 1 is 1.28 bits per heavy atom. The third-order valence-electron chi connectivity index (χ3n) is 4.04. The summed E-state index contributed by atoms with van der Waals surface area (Å²) in [5.41, 5.74) is 11.8. The molecule has 1 aromatic heterocycles. The lowest BCUT2D eigenvalue weighted by atomic mass is 10.1. The van der Waals surface area contributed by atoms with Crippen molar-refractivity contribution in [2.24, 2.45) is 5.10 Å². The molecule has 3 N–H and O–H groups in total. The van der Waals surface area contributed by atoms with Gasteiger partial charge in [-0.15, -0.1) is 0 Å². The number of amides is 1. The highest BCUT2D eigenvalue weighted by molar-refractivity contribution is 5.95. The number of carbonyl (C=O) groups is 1. The number of hydrazone groups is 1. The van der Waals surface area contributed by atoms with Gasteiger partial charge in [0, 0.05) is 48.8 Å². The summed E-state index contributed by atoms with van der Waals surface area (Å²) in [5.74, 6) is -0.290. The van der Waals surface area contributed by atoms with Crippen LogP contribution in [-0.4, -0.2) is 48.3 Å². The number of hydrogen-bond donors (Lipinski definition) is 2. The molecule has 1 aliphatic rings. The van der Waals surface area contributed by atoms with Crippen molar-refractivity contribution in [1.82, 2.24) is 15.3 Å². The van der Waals surface area contributed by atoms with Gasteiger partial charge in [-0.25, -0.2) is 5.43 Å². The van der Waals surface area contributed by atoms with E-state index in [0.717, 1.165) is 44.0 Å². The summed E-state index contributed by atoms with van der Waals surface area (Å²) in [5, 5.41) is 4.01. The maximum atomic E-state index is 11.9. The Bertz CT molecular complexity index is 742. The van der Waals surface area contributed by atoms with Crippen molar-refractivity contribution in [2.75, 3.05) is 32.0 Å². The van der Waals surface area contributed by atoms with E-state index in [0.29, 0.717) is 11.3 Å². The number of morpholine rings is 1. The summed E-state index contributed by atoms with van der Waals surface area (Å²) < 4.78 is 5.37. The van der Waals surface area contributed by atoms with Gasteiger partial charge in [0.15, 0.2) is 0 Å². The summed E-state index contributed by atoms with van der Waals surface area (Å²) >= 11 is 0. The second-order valence-corrected chi connectivity index (χ2v) is 5.74. The van der Waals surface area contributed by atoms with E-state index in [1.54, 1.807) is 30.7 Å². The minimum absolute atomic E-state index is 0.290. The Hall–Kier alpha value is -2.77. The van der Waals surface area contributed by atoms with E-state index in [9.17, 15) is 4.79 Å². The second kappa shape index (κ2) is 8.36. The molecule has 0 radical (unpaired) electrons. The molecule has 0 aliphatic carbocycles. The first-order chi connectivity index (χ1) is 12.2. The summed E-state index contributed by atoms with van der Waals surface area (Å²) in [4.78, 5) is 18.1. The first-order valence-electron chi connectivity index (χ1n) is 8.15. The molecule has 0 bridgehead atoms. The monoisotopic (exact) mass is 339 g/mol. The lowest BCUT2D eigenvalue weighted by Gasteiger charge is -2.27. The molecule has 2 heterocycles. The van der Waals surface area contributed by atoms with E-state index >= 15 is 0 Å². The van der Waals surface area contributed by atoms with Gasteiger partial charge in [-0.2, -0.15) is 5.10 Å². The van der Waals surface area contributed by atoms with Crippen LogP contribution in [0.2, 0.25) is 0 Å². The summed E-state index contributed by atoms with van der Waals surface area (Å²) in [6, 6.07) is 9.08. The standard InChI is InChI=1S/C18H21N5O2/c19-17-15(12-21-22-18(24)14-4-6-20-7-5-14)2-1-3-16(17)13-23-8-10-25-11-9-23/h1-7,12H,8-11,13,19H2,(H,22,24)/b21-12+. The zero-order valence-corrected chi connectivity index (χ0v) is 13.9. The zero-order chi connectivity index (χ0) is 17.5. The van der Waals surface area contributed by atoms with E-state index in [2.05, 4.69) is 20.4 Å². The predicted octanol–water partition coefficient (Wildman–Crippen LogP) is 1.26. The van der Waals surface area contributed by atoms with E-state index < -0.39 is 0 Å². The van der Waals surface area contributed by atoms with Crippen LogP contribution in [0.3, 0.4) is 0 Å². The van der Waals surface area contributed by atoms with Gasteiger partial charge in [0.1, 0.15) is 0 Å². The Kier molecular flexibility index (Phi) is 5.71. The van der Waals surface area contributed by atoms with Crippen LogP contribution in [0.4, 0.5) is 5.69 Å². The van der Waals surface area contributed by atoms with Gasteiger partial charge >= 0.3 is 0 Å². The molecule has 130 valence electrons. The van der Waals surface area contributed by atoms with Crippen molar-refractivity contribution in [2.45, 2.75) is 6.54 Å². The molecule has 25 heavy (non-hydrogen) atoms. The number of nitrogens with one attached hydrogen (secondary N) is 1. The second-order valence-electron chi connectivity index (χ2n) is 5.74. The van der Waals surface area contributed by atoms with Gasteiger partial charge in [0.2, 0.25) is 0 Å². The fourth-order valence-electron chi connectivity index (χ4n) is 2.61. The number of nitrogen functional groups attached to an aromatic ring is 1. The van der Waals surface area contributed by atoms with Gasteiger partial charge < -0.3 is 10.5 Å². The fraction of sp³-hybridized carbons (Fsp3) is 0.278. The molecule has 3 rings (SSSR count). The highest BCUT2D eigenvalue weighted by Gasteiger charge is 2.13. The summed E-state index contributed by atoms with van der Waals surface area (Å²) in [6.07, 6.45) is 4.69. The Morgan fingerprint density at radius 2 is 2.04 bits per heavy atom. The largest absolute Gasteiger partial charge is 0.398 e. The lowest BCUT2D eigenvalue weighted by molar-refractivity contribution is 0.0343. The highest BCUT2D eigenvalue weighted by Crippen LogP contribution is 2.18. The van der Waals surface area contributed by atoms with Crippen LogP contribution in [-0.2, 0) is 11.3 Å². The minimum Gasteiger partial charge on any atom is -0.398 e. The van der Waals surface area contributed by atoms with Crippen molar-refractivity contribution in [3.63, 3.8) is 0 Å². The number of aromatic nitrogens is 1. The van der Waals surface area contributed by atoms with Crippen LogP contribution in [0, 0.1) is 0 Å². The van der Waals surface area contributed by atoms with Gasteiger partial charge in [-0.3, -0.25) is 14.7 Å². The number of rotatable bonds is 5. The SMILES string of the molecule is Nc1c(/C=N/NC(=O)c2ccncc2)cccc1CN1CCOCC1. The predicted molar refractivity (Wildman–Crippen MR) is 96.2 cm³/mol. The third-order valence-corrected chi connectivity index (χ3v) is 4.04. The van der Waals surface area contributed by atoms with Gasteiger partial charge in [0.05, 0.1) is 19.4 Å². The average Bonchev–Trinajstić information content (AvgIpc) is 2.66. The van der Waals surface area contributed by atoms with Crippen molar-refractivity contribution in [3.8, 4) is 0 Å². The molecule has 1 amide bonds. The molecular formula is C18H21N5O2. The molecule has 7 heteroatoms. The number of nitrogens with zero attached hydrogens (tertiary/aromatic N) is 3. The highest BCUT2D eigenvalue weighted by atomic mass is 16.5. The molecule has 0 spiro atoms. The number of hydrogen-bond acceptors (Lipinski definition) is 6. The molecule has 1 aliphatic heterocycles. The molecule has 0 atom stereocenters. The summed E-state index contributed by atoms with van der Waals surface area (Å²) in [7, 11) is 0. The Morgan fingerprint density at radius 3 is 2.80 bits per heavy atom. The zero-order valence-electron chi connectivity index (χ0n) is 13.9. The molecular weight excluding hydrogens is 318 g/mol. The average molecular weight is 339 g/mol. The number of carbonyl (C=O) groups excluding carboxylic acids is 1. The van der Waals surface area contributed by atoms with Crippen molar-refractivity contribution in [3.05, 3.63) is 59.4 Å². The lowest BCUT2D eigenvalue weighted by Crippen LogP contribution is -2.35. The van der Waals surface area contributed by atoms with Crippen LogP contribution in [0.15, 0.2) is 47.8 Å². The number of benzene rings is 1. The molecule has 0 unspecified atom stereocenters. The third kappa shape index (κ3) is 4.62. The molecule has 2 aromatic rings. The maximum absolute atomic E-state index is 11.9. The Balaban J connectivity index is 1.64. The van der Waals surface area contributed by atoms with Crippen LogP contribution < -0.4 is 11.2 Å². The smallest absolute Gasteiger partial charge is 0.271 e. The molecule has 1 saturated heterocycles. The van der Waals surface area contributed by atoms with E-state index in [-0.39, 0.29) is 5.91 Å². The fourth-order valence-corrected chi connectivity index (χ4v) is 2.61. The number of ether oxygens (including phenoxy) is 1. The number of pyridine rings is 1. The molecule has 0 saturated carbocycles. The molecule has 1 fully saturated rings. The molecule has 1 aromatic carbocycles. The van der Waals surface area contributed by atoms with Crippen molar-refractivity contribution in [1.29, 1.82) is 0 Å². The quantitative estimate of drug-likeness (QED) is 0.486. The maximum Gasteiger partial charge on any atom is 0.271 e. The first-order valence-corrected chi connectivity index (χ1v) is 8.15. The van der Waals surface area contributed by atoms with E-state index in [1.807, 2.05) is 18.2 Å². The van der Waals surface area contributed by atoms with Crippen LogP contribution in [0.5, 0.6) is 0 Å². The molecule has 7 nitrogen and oxygen atoms in total. The van der Waals surface area contributed by atoms with Crippen molar-refractivity contribution < 1.29 is 9.53 Å². The van der Waals surface area contributed by atoms with Crippen LogP contribution in [0.25, 0.3) is 0 Å².